The van der Waals surface area contributed by atoms with Crippen LogP contribution in [0.4, 0.5) is 0 Å². The molecule has 6 heteroatoms. The van der Waals surface area contributed by atoms with E-state index < -0.39 is 0 Å². The largest absolute Gasteiger partial charge is 0.355 e. The van der Waals surface area contributed by atoms with Gasteiger partial charge in [-0.25, -0.2) is 0 Å². The maximum absolute atomic E-state index is 12.4. The van der Waals surface area contributed by atoms with Crippen LogP contribution in [0.3, 0.4) is 0 Å². The summed E-state index contributed by atoms with van der Waals surface area (Å²) in [6, 6.07) is 5.34. The predicted octanol–water partition coefficient (Wildman–Crippen LogP) is 1.17. The van der Waals surface area contributed by atoms with E-state index in [0.29, 0.717) is 18.0 Å². The highest BCUT2D eigenvalue weighted by Crippen LogP contribution is 2.20. The first-order valence-electron chi connectivity index (χ1n) is 6.72. The summed E-state index contributed by atoms with van der Waals surface area (Å²) in [4.78, 5) is 18.1. The van der Waals surface area contributed by atoms with Gasteiger partial charge >= 0.3 is 0 Å². The van der Waals surface area contributed by atoms with Crippen molar-refractivity contribution in [2.24, 2.45) is 0 Å². The van der Waals surface area contributed by atoms with Gasteiger partial charge in [0.15, 0.2) is 11.5 Å². The van der Waals surface area contributed by atoms with Crippen LogP contribution in [-0.2, 0) is 0 Å². The summed E-state index contributed by atoms with van der Waals surface area (Å²) in [6.07, 6.45) is 4.32. The quantitative estimate of drug-likeness (QED) is 0.888. The standard InChI is InChI=1S/C14H16N4O2/c19-14(18-8-1-4-15-7-9-18)12-10-13(20-17-12)11-2-5-16-6-3-11/h2-3,5-6,10,15H,1,4,7-9H2. The van der Waals surface area contributed by atoms with Crippen molar-refractivity contribution in [1.82, 2.24) is 20.4 Å². The monoisotopic (exact) mass is 272 g/mol. The molecule has 3 rings (SSSR count). The van der Waals surface area contributed by atoms with Crippen LogP contribution in [0.5, 0.6) is 0 Å². The number of rotatable bonds is 2. The van der Waals surface area contributed by atoms with E-state index in [4.69, 9.17) is 4.52 Å². The molecule has 0 aliphatic carbocycles. The number of nitrogens with zero attached hydrogens (tertiary/aromatic N) is 3. The van der Waals surface area contributed by atoms with Gasteiger partial charge in [-0.3, -0.25) is 9.78 Å². The average molecular weight is 272 g/mol. The summed E-state index contributed by atoms with van der Waals surface area (Å²) in [7, 11) is 0. The lowest BCUT2D eigenvalue weighted by atomic mass is 10.2. The Morgan fingerprint density at radius 2 is 2.10 bits per heavy atom. The fraction of sp³-hybridized carbons (Fsp3) is 0.357. The summed E-state index contributed by atoms with van der Waals surface area (Å²) in [6.45, 7) is 3.23. The third kappa shape index (κ3) is 2.70. The van der Waals surface area contributed by atoms with Crippen LogP contribution in [0.25, 0.3) is 11.3 Å². The van der Waals surface area contributed by atoms with E-state index >= 15 is 0 Å². The van der Waals surface area contributed by atoms with E-state index in [1.165, 1.54) is 0 Å². The van der Waals surface area contributed by atoms with E-state index in [-0.39, 0.29) is 5.91 Å². The third-order valence-electron chi connectivity index (χ3n) is 3.32. The molecule has 0 bridgehead atoms. The van der Waals surface area contributed by atoms with Crippen molar-refractivity contribution in [1.29, 1.82) is 0 Å². The molecule has 0 spiro atoms. The summed E-state index contributed by atoms with van der Waals surface area (Å²) >= 11 is 0. The van der Waals surface area contributed by atoms with Gasteiger partial charge in [0, 0.05) is 43.7 Å². The second kappa shape index (κ2) is 5.83. The van der Waals surface area contributed by atoms with E-state index in [9.17, 15) is 4.79 Å². The third-order valence-corrected chi connectivity index (χ3v) is 3.32. The van der Waals surface area contributed by atoms with E-state index in [0.717, 1.165) is 31.6 Å². The summed E-state index contributed by atoms with van der Waals surface area (Å²) < 4.78 is 5.25. The molecule has 1 aliphatic rings. The lowest BCUT2D eigenvalue weighted by molar-refractivity contribution is 0.0756. The Hall–Kier alpha value is -2.21. The van der Waals surface area contributed by atoms with Crippen molar-refractivity contribution in [3.63, 3.8) is 0 Å². The van der Waals surface area contributed by atoms with Crippen LogP contribution < -0.4 is 5.32 Å². The molecule has 6 nitrogen and oxygen atoms in total. The van der Waals surface area contributed by atoms with Crippen molar-refractivity contribution < 1.29 is 9.32 Å². The molecule has 1 saturated heterocycles. The Morgan fingerprint density at radius 1 is 1.25 bits per heavy atom. The highest BCUT2D eigenvalue weighted by Gasteiger charge is 2.21. The van der Waals surface area contributed by atoms with Crippen LogP contribution in [-0.4, -0.2) is 47.1 Å². The van der Waals surface area contributed by atoms with Crippen LogP contribution >= 0.6 is 0 Å². The first kappa shape index (κ1) is 12.8. The zero-order valence-electron chi connectivity index (χ0n) is 11.1. The van der Waals surface area contributed by atoms with Gasteiger partial charge in [-0.15, -0.1) is 0 Å². The highest BCUT2D eigenvalue weighted by molar-refractivity contribution is 5.93. The lowest BCUT2D eigenvalue weighted by Crippen LogP contribution is -2.34. The Balaban J connectivity index is 1.77. The molecule has 1 aliphatic heterocycles. The minimum Gasteiger partial charge on any atom is -0.355 e. The van der Waals surface area contributed by atoms with Crippen molar-refractivity contribution in [2.45, 2.75) is 6.42 Å². The van der Waals surface area contributed by atoms with Crippen molar-refractivity contribution in [3.05, 3.63) is 36.3 Å². The molecule has 2 aromatic heterocycles. The first-order chi connectivity index (χ1) is 9.84. The van der Waals surface area contributed by atoms with Crippen molar-refractivity contribution in [3.8, 4) is 11.3 Å². The van der Waals surface area contributed by atoms with Gasteiger partial charge in [-0.1, -0.05) is 5.16 Å². The van der Waals surface area contributed by atoms with Crippen LogP contribution in [0.15, 0.2) is 35.1 Å². The molecule has 1 N–H and O–H groups in total. The molecule has 104 valence electrons. The Kier molecular flexibility index (Phi) is 3.73. The van der Waals surface area contributed by atoms with Crippen molar-refractivity contribution in [2.75, 3.05) is 26.2 Å². The fourth-order valence-electron chi connectivity index (χ4n) is 2.24. The number of carbonyl (C=O) groups is 1. The van der Waals surface area contributed by atoms with Gasteiger partial charge in [0.1, 0.15) is 0 Å². The maximum Gasteiger partial charge on any atom is 0.276 e. The topological polar surface area (TPSA) is 71.3 Å². The zero-order valence-corrected chi connectivity index (χ0v) is 11.1. The summed E-state index contributed by atoms with van der Waals surface area (Å²) in [5.74, 6) is 0.515. The fourth-order valence-corrected chi connectivity index (χ4v) is 2.24. The molecule has 0 unspecified atom stereocenters. The number of carbonyl (C=O) groups excluding carboxylic acids is 1. The molecule has 1 amide bonds. The smallest absolute Gasteiger partial charge is 0.276 e. The van der Waals surface area contributed by atoms with E-state index in [2.05, 4.69) is 15.5 Å². The molecule has 20 heavy (non-hydrogen) atoms. The predicted molar refractivity (Wildman–Crippen MR) is 73.1 cm³/mol. The number of hydrogen-bond acceptors (Lipinski definition) is 5. The normalized spacial score (nSPS) is 15.9. The zero-order chi connectivity index (χ0) is 13.8. The number of pyridine rings is 1. The SMILES string of the molecule is O=C(c1cc(-c2ccncc2)on1)N1CCCNCC1. The Labute approximate surface area is 116 Å². The second-order valence-corrected chi connectivity index (χ2v) is 4.71. The molecule has 0 saturated carbocycles. The van der Waals surface area contributed by atoms with Crippen LogP contribution in [0, 0.1) is 0 Å². The molecule has 2 aromatic rings. The first-order valence-corrected chi connectivity index (χ1v) is 6.72. The van der Waals surface area contributed by atoms with Crippen LogP contribution in [0.2, 0.25) is 0 Å². The van der Waals surface area contributed by atoms with Gasteiger partial charge in [0.2, 0.25) is 0 Å². The summed E-state index contributed by atoms with van der Waals surface area (Å²) in [5.41, 5.74) is 1.22. The number of hydrogen-bond donors (Lipinski definition) is 1. The van der Waals surface area contributed by atoms with Gasteiger partial charge in [0.05, 0.1) is 0 Å². The van der Waals surface area contributed by atoms with E-state index in [1.54, 1.807) is 18.5 Å². The number of aromatic nitrogens is 2. The van der Waals surface area contributed by atoms with Crippen LogP contribution in [0.1, 0.15) is 16.9 Å². The lowest BCUT2D eigenvalue weighted by Gasteiger charge is -2.17. The summed E-state index contributed by atoms with van der Waals surface area (Å²) in [5, 5.41) is 7.16. The minimum atomic E-state index is -0.0715. The second-order valence-electron chi connectivity index (χ2n) is 4.71. The molecular weight excluding hydrogens is 256 g/mol. The molecule has 3 heterocycles. The number of nitrogens with one attached hydrogen (secondary N) is 1. The van der Waals surface area contributed by atoms with E-state index in [1.807, 2.05) is 17.0 Å². The average Bonchev–Trinajstić information content (AvgIpc) is 2.83. The number of amides is 1. The Bertz CT molecular complexity index is 574. The maximum atomic E-state index is 12.4. The van der Waals surface area contributed by atoms with Gasteiger partial charge in [-0.05, 0) is 25.1 Å². The Morgan fingerprint density at radius 3 is 2.95 bits per heavy atom. The molecule has 0 aromatic carbocycles. The minimum absolute atomic E-state index is 0.0715. The molecule has 0 radical (unpaired) electrons. The molecular formula is C14H16N4O2. The van der Waals surface area contributed by atoms with Gasteiger partial charge in [0.25, 0.3) is 5.91 Å². The molecule has 0 atom stereocenters. The van der Waals surface area contributed by atoms with Crippen molar-refractivity contribution >= 4 is 5.91 Å². The van der Waals surface area contributed by atoms with Gasteiger partial charge < -0.3 is 14.7 Å². The molecule has 1 fully saturated rings. The van der Waals surface area contributed by atoms with Gasteiger partial charge in [-0.2, -0.15) is 0 Å². The highest BCUT2D eigenvalue weighted by atomic mass is 16.5.